The highest BCUT2D eigenvalue weighted by molar-refractivity contribution is 5.50. The van der Waals surface area contributed by atoms with Crippen molar-refractivity contribution in [3.8, 4) is 11.8 Å². The van der Waals surface area contributed by atoms with Crippen LogP contribution < -0.4 is 4.90 Å². The minimum Gasteiger partial charge on any atom is -0.378 e. The molecule has 4 heteroatoms. The molecule has 1 aliphatic heterocycles. The molecular formula is C19H26N2O2. The monoisotopic (exact) mass is 314 g/mol. The fourth-order valence-corrected chi connectivity index (χ4v) is 2.93. The van der Waals surface area contributed by atoms with E-state index in [1.165, 1.54) is 19.3 Å². The number of hydrogen-bond acceptors (Lipinski definition) is 4. The third kappa shape index (κ3) is 4.70. The third-order valence-electron chi connectivity index (χ3n) is 4.48. The molecule has 1 N–H and O–H groups in total. The van der Waals surface area contributed by atoms with Crippen LogP contribution in [0.1, 0.15) is 51.6 Å². The molecular weight excluding hydrogens is 288 g/mol. The molecule has 0 bridgehead atoms. The largest absolute Gasteiger partial charge is 0.378 e. The summed E-state index contributed by atoms with van der Waals surface area (Å²) in [6, 6.07) is 4.04. The molecule has 0 unspecified atom stereocenters. The first-order chi connectivity index (χ1) is 11.0. The van der Waals surface area contributed by atoms with Gasteiger partial charge < -0.3 is 14.7 Å². The lowest BCUT2D eigenvalue weighted by molar-refractivity contribution is -0.0596. The number of hydrogen-bond donors (Lipinski definition) is 1. The molecule has 1 aromatic rings. The summed E-state index contributed by atoms with van der Waals surface area (Å²) in [5.74, 6) is 5.77. The fraction of sp³-hybridized carbons (Fsp3) is 0.632. The molecule has 2 fully saturated rings. The van der Waals surface area contributed by atoms with Crippen LogP contribution in [0.5, 0.6) is 0 Å². The summed E-state index contributed by atoms with van der Waals surface area (Å²) in [5, 5.41) is 9.70. The third-order valence-corrected chi connectivity index (χ3v) is 4.48. The van der Waals surface area contributed by atoms with Gasteiger partial charge in [0.15, 0.2) is 0 Å². The Labute approximate surface area is 138 Å². The maximum absolute atomic E-state index is 9.70. The summed E-state index contributed by atoms with van der Waals surface area (Å²) < 4.78 is 6.12. The van der Waals surface area contributed by atoms with E-state index in [9.17, 15) is 5.11 Å². The summed E-state index contributed by atoms with van der Waals surface area (Å²) in [6.45, 7) is 5.38. The standard InChI is InChI=1S/C19H26N2O2/c1-19(2,22)10-6-15-14-16(7-11-20-15)21-12-8-18(9-13-21)23-17-4-3-5-17/h7,11,14,17-18,22H,3-5,8-9,12-13H2,1-2H3. The molecule has 1 saturated heterocycles. The van der Waals surface area contributed by atoms with Crippen LogP contribution in [-0.4, -0.2) is 41.0 Å². The van der Waals surface area contributed by atoms with E-state index < -0.39 is 5.60 Å². The normalized spacial score (nSPS) is 19.9. The lowest BCUT2D eigenvalue weighted by atomic mass is 9.95. The summed E-state index contributed by atoms with van der Waals surface area (Å²) in [4.78, 5) is 6.65. The van der Waals surface area contributed by atoms with Gasteiger partial charge in [-0.15, -0.1) is 0 Å². The predicted molar refractivity (Wildman–Crippen MR) is 91.4 cm³/mol. The van der Waals surface area contributed by atoms with Crippen LogP contribution in [-0.2, 0) is 4.74 Å². The topological polar surface area (TPSA) is 45.6 Å². The highest BCUT2D eigenvalue weighted by Gasteiger charge is 2.26. The van der Waals surface area contributed by atoms with E-state index in [0.29, 0.717) is 17.9 Å². The molecule has 124 valence electrons. The Kier molecular flexibility index (Phi) is 4.89. The number of aliphatic hydroxyl groups is 1. The van der Waals surface area contributed by atoms with Crippen LogP contribution in [0.25, 0.3) is 0 Å². The first-order valence-corrected chi connectivity index (χ1v) is 8.62. The lowest BCUT2D eigenvalue weighted by Gasteiger charge is -2.37. The Morgan fingerprint density at radius 3 is 2.52 bits per heavy atom. The van der Waals surface area contributed by atoms with Gasteiger partial charge in [-0.25, -0.2) is 4.98 Å². The van der Waals surface area contributed by atoms with Gasteiger partial charge in [0.1, 0.15) is 11.3 Å². The smallest absolute Gasteiger partial charge is 0.120 e. The molecule has 0 atom stereocenters. The summed E-state index contributed by atoms with van der Waals surface area (Å²) in [5.41, 5.74) is 0.870. The molecule has 0 spiro atoms. The van der Waals surface area contributed by atoms with Crippen LogP contribution in [0.4, 0.5) is 5.69 Å². The zero-order valence-corrected chi connectivity index (χ0v) is 14.1. The Morgan fingerprint density at radius 1 is 1.22 bits per heavy atom. The minimum atomic E-state index is -0.991. The Balaban J connectivity index is 1.58. The highest BCUT2D eigenvalue weighted by atomic mass is 16.5. The second-order valence-electron chi connectivity index (χ2n) is 7.08. The van der Waals surface area contributed by atoms with Crippen molar-refractivity contribution in [1.82, 2.24) is 4.98 Å². The molecule has 0 amide bonds. The molecule has 23 heavy (non-hydrogen) atoms. The molecule has 2 aliphatic rings. The van der Waals surface area contributed by atoms with Crippen LogP contribution in [0.15, 0.2) is 18.3 Å². The quantitative estimate of drug-likeness (QED) is 0.872. The van der Waals surface area contributed by atoms with Crippen LogP contribution in [0.3, 0.4) is 0 Å². The van der Waals surface area contributed by atoms with E-state index in [4.69, 9.17) is 4.74 Å². The second kappa shape index (κ2) is 6.90. The Bertz CT molecular complexity index is 585. The van der Waals surface area contributed by atoms with Crippen molar-refractivity contribution in [2.24, 2.45) is 0 Å². The van der Waals surface area contributed by atoms with Gasteiger partial charge in [0.2, 0.25) is 0 Å². The van der Waals surface area contributed by atoms with Gasteiger partial charge in [0.05, 0.1) is 12.2 Å². The van der Waals surface area contributed by atoms with Gasteiger partial charge in [0.25, 0.3) is 0 Å². The van der Waals surface area contributed by atoms with Crippen LogP contribution in [0, 0.1) is 11.8 Å². The maximum Gasteiger partial charge on any atom is 0.120 e. The molecule has 2 heterocycles. The number of anilines is 1. The highest BCUT2D eigenvalue weighted by Crippen LogP contribution is 2.28. The second-order valence-corrected chi connectivity index (χ2v) is 7.08. The number of piperidine rings is 1. The average Bonchev–Trinajstić information content (AvgIpc) is 2.49. The van der Waals surface area contributed by atoms with Crippen molar-refractivity contribution in [2.75, 3.05) is 18.0 Å². The van der Waals surface area contributed by atoms with Crippen LogP contribution >= 0.6 is 0 Å². The molecule has 1 aromatic heterocycles. The zero-order valence-electron chi connectivity index (χ0n) is 14.1. The molecule has 0 radical (unpaired) electrons. The Hall–Kier alpha value is -1.57. The summed E-state index contributed by atoms with van der Waals surface area (Å²) in [7, 11) is 0. The first-order valence-electron chi connectivity index (χ1n) is 8.62. The van der Waals surface area contributed by atoms with Crippen molar-refractivity contribution in [3.63, 3.8) is 0 Å². The maximum atomic E-state index is 9.70. The molecule has 1 aliphatic carbocycles. The zero-order chi connectivity index (χ0) is 16.3. The van der Waals surface area contributed by atoms with Gasteiger partial charge in [-0.3, -0.25) is 0 Å². The minimum absolute atomic E-state index is 0.424. The first kappa shape index (κ1) is 16.3. The molecule has 0 aromatic carbocycles. The number of pyridine rings is 1. The Morgan fingerprint density at radius 2 is 1.91 bits per heavy atom. The number of aromatic nitrogens is 1. The van der Waals surface area contributed by atoms with Gasteiger partial charge in [0, 0.05) is 25.0 Å². The van der Waals surface area contributed by atoms with Crippen LogP contribution in [0.2, 0.25) is 0 Å². The average molecular weight is 314 g/mol. The van der Waals surface area contributed by atoms with Gasteiger partial charge in [-0.05, 0) is 64.0 Å². The van der Waals surface area contributed by atoms with E-state index >= 15 is 0 Å². The fourth-order valence-electron chi connectivity index (χ4n) is 2.93. The van der Waals surface area contributed by atoms with Gasteiger partial charge in [-0.1, -0.05) is 5.92 Å². The van der Waals surface area contributed by atoms with Crippen molar-refractivity contribution in [3.05, 3.63) is 24.0 Å². The molecule has 1 saturated carbocycles. The van der Waals surface area contributed by atoms with E-state index in [0.717, 1.165) is 31.6 Å². The summed E-state index contributed by atoms with van der Waals surface area (Å²) >= 11 is 0. The summed E-state index contributed by atoms with van der Waals surface area (Å²) in [6.07, 6.45) is 8.73. The molecule has 3 rings (SSSR count). The van der Waals surface area contributed by atoms with E-state index in [1.54, 1.807) is 20.0 Å². The van der Waals surface area contributed by atoms with Gasteiger partial charge in [-0.2, -0.15) is 0 Å². The van der Waals surface area contributed by atoms with E-state index in [2.05, 4.69) is 21.7 Å². The van der Waals surface area contributed by atoms with E-state index in [-0.39, 0.29) is 0 Å². The van der Waals surface area contributed by atoms with Crippen molar-refractivity contribution in [2.45, 2.75) is 63.8 Å². The number of nitrogens with zero attached hydrogens (tertiary/aromatic N) is 2. The van der Waals surface area contributed by atoms with Crippen molar-refractivity contribution in [1.29, 1.82) is 0 Å². The van der Waals surface area contributed by atoms with Crippen molar-refractivity contribution >= 4 is 5.69 Å². The molecule has 4 nitrogen and oxygen atoms in total. The van der Waals surface area contributed by atoms with E-state index in [1.807, 2.05) is 12.1 Å². The SMILES string of the molecule is CC(C)(O)C#Cc1cc(N2CCC(OC3CCC3)CC2)ccn1. The number of ether oxygens (including phenoxy) is 1. The number of rotatable bonds is 3. The van der Waals surface area contributed by atoms with Crippen molar-refractivity contribution < 1.29 is 9.84 Å². The predicted octanol–water partition coefficient (Wildman–Crippen LogP) is 2.74. The van der Waals surface area contributed by atoms with Gasteiger partial charge >= 0.3 is 0 Å². The lowest BCUT2D eigenvalue weighted by Crippen LogP contribution is -2.39.